The molecule has 1 aliphatic heterocycles. The number of nitrogens with zero attached hydrogens (tertiary/aromatic N) is 6. The summed E-state index contributed by atoms with van der Waals surface area (Å²) in [5, 5.41) is 14.0. The molecule has 206 valence electrons. The van der Waals surface area contributed by atoms with Crippen LogP contribution in [-0.2, 0) is 14.3 Å². The fourth-order valence-electron chi connectivity index (χ4n) is 4.82. The van der Waals surface area contributed by atoms with Gasteiger partial charge < -0.3 is 24.0 Å². The average Bonchev–Trinajstić information content (AvgIpc) is 3.43. The molecule has 5 rings (SSSR count). The van der Waals surface area contributed by atoms with E-state index < -0.39 is 6.10 Å². The first-order valence-corrected chi connectivity index (χ1v) is 13.2. The van der Waals surface area contributed by atoms with Crippen molar-refractivity contribution in [3.8, 4) is 22.9 Å². The Morgan fingerprint density at radius 1 is 1.05 bits per heavy atom. The number of hydrogen-bond donors (Lipinski definition) is 0. The predicted octanol–water partition coefficient (Wildman–Crippen LogP) is 3.72. The van der Waals surface area contributed by atoms with Crippen LogP contribution in [0.1, 0.15) is 24.2 Å². The van der Waals surface area contributed by atoms with Crippen LogP contribution in [0.4, 0.5) is 5.82 Å². The van der Waals surface area contributed by atoms with Crippen LogP contribution in [0.2, 0.25) is 0 Å². The molecule has 1 fully saturated rings. The number of pyridine rings is 2. The molecule has 1 saturated heterocycles. The highest BCUT2D eigenvalue weighted by Gasteiger charge is 2.29. The van der Waals surface area contributed by atoms with E-state index in [2.05, 4.69) is 16.1 Å². The third kappa shape index (κ3) is 5.61. The number of nitriles is 1. The lowest BCUT2D eigenvalue weighted by molar-refractivity contribution is -0.142. The summed E-state index contributed by atoms with van der Waals surface area (Å²) in [7, 11) is 3.21. The van der Waals surface area contributed by atoms with Crippen LogP contribution in [0.15, 0.2) is 67.1 Å². The number of ether oxygens (including phenoxy) is 3. The molecule has 0 bridgehead atoms. The van der Waals surface area contributed by atoms with Gasteiger partial charge in [0.05, 0.1) is 29.6 Å². The lowest BCUT2D eigenvalue weighted by Crippen LogP contribution is -2.50. The van der Waals surface area contributed by atoms with Gasteiger partial charge >= 0.3 is 0 Å². The van der Waals surface area contributed by atoms with Gasteiger partial charge in [-0.15, -0.1) is 0 Å². The van der Waals surface area contributed by atoms with E-state index in [9.17, 15) is 10.1 Å². The second kappa shape index (κ2) is 12.2. The van der Waals surface area contributed by atoms with Gasteiger partial charge in [0.15, 0.2) is 6.10 Å². The fourth-order valence-corrected chi connectivity index (χ4v) is 4.82. The molecular formula is C30H32N6O4. The summed E-state index contributed by atoms with van der Waals surface area (Å²) in [6.45, 7) is 4.80. The van der Waals surface area contributed by atoms with Crippen LogP contribution in [0.5, 0.6) is 5.75 Å². The zero-order chi connectivity index (χ0) is 28.1. The van der Waals surface area contributed by atoms with E-state index in [0.717, 1.165) is 22.5 Å². The Hall–Kier alpha value is -4.46. The SMILES string of the molecule is COC(C)COc1cc(-c2ccc(N3CCN(C(=O)C(OC)c4ccccc4)CC3)nc2)c2c(C#N)cnn2c1. The Balaban J connectivity index is 1.31. The Morgan fingerprint density at radius 3 is 2.48 bits per heavy atom. The van der Waals surface area contributed by atoms with Crippen molar-refractivity contribution in [3.05, 3.63) is 78.2 Å². The minimum Gasteiger partial charge on any atom is -0.489 e. The predicted molar refractivity (Wildman–Crippen MR) is 150 cm³/mol. The highest BCUT2D eigenvalue weighted by Crippen LogP contribution is 2.31. The van der Waals surface area contributed by atoms with Crippen molar-refractivity contribution in [2.75, 3.05) is 51.9 Å². The third-order valence-electron chi connectivity index (χ3n) is 7.13. The van der Waals surface area contributed by atoms with Gasteiger partial charge in [-0.05, 0) is 30.7 Å². The second-order valence-electron chi connectivity index (χ2n) is 9.65. The number of piperazine rings is 1. The number of amides is 1. The van der Waals surface area contributed by atoms with Crippen LogP contribution in [0.25, 0.3) is 16.6 Å². The van der Waals surface area contributed by atoms with Crippen molar-refractivity contribution in [2.45, 2.75) is 19.1 Å². The molecule has 3 aromatic heterocycles. The summed E-state index contributed by atoms with van der Waals surface area (Å²) in [5.41, 5.74) is 3.67. The van der Waals surface area contributed by atoms with E-state index in [1.54, 1.807) is 37.3 Å². The first-order valence-electron chi connectivity index (χ1n) is 13.2. The largest absolute Gasteiger partial charge is 0.489 e. The van der Waals surface area contributed by atoms with E-state index in [1.165, 1.54) is 0 Å². The molecule has 1 aliphatic rings. The lowest BCUT2D eigenvalue weighted by atomic mass is 10.1. The van der Waals surface area contributed by atoms with Crippen LogP contribution in [-0.4, -0.2) is 78.5 Å². The van der Waals surface area contributed by atoms with Gasteiger partial charge in [0.1, 0.15) is 24.2 Å². The Kier molecular flexibility index (Phi) is 8.24. The van der Waals surface area contributed by atoms with Crippen molar-refractivity contribution in [1.29, 1.82) is 5.26 Å². The smallest absolute Gasteiger partial charge is 0.256 e. The van der Waals surface area contributed by atoms with E-state index >= 15 is 0 Å². The normalized spacial score (nSPS) is 15.1. The third-order valence-corrected chi connectivity index (χ3v) is 7.13. The molecule has 4 aromatic rings. The van der Waals surface area contributed by atoms with Crippen molar-refractivity contribution in [1.82, 2.24) is 19.5 Å². The summed E-state index contributed by atoms with van der Waals surface area (Å²) < 4.78 is 18.4. The summed E-state index contributed by atoms with van der Waals surface area (Å²) in [5.74, 6) is 1.42. The number of fused-ring (bicyclic) bond motifs is 1. The van der Waals surface area contributed by atoms with Crippen LogP contribution >= 0.6 is 0 Å². The van der Waals surface area contributed by atoms with Crippen molar-refractivity contribution in [2.24, 2.45) is 0 Å². The molecule has 0 saturated carbocycles. The van der Waals surface area contributed by atoms with Crippen molar-refractivity contribution in [3.63, 3.8) is 0 Å². The van der Waals surface area contributed by atoms with Crippen LogP contribution < -0.4 is 9.64 Å². The lowest BCUT2D eigenvalue weighted by Gasteiger charge is -2.36. The maximum Gasteiger partial charge on any atom is 0.256 e. The number of methoxy groups -OCH3 is 2. The highest BCUT2D eigenvalue weighted by atomic mass is 16.5. The van der Waals surface area contributed by atoms with Crippen LogP contribution in [0.3, 0.4) is 0 Å². The molecule has 1 amide bonds. The molecule has 1 aromatic carbocycles. The van der Waals surface area contributed by atoms with E-state index in [0.29, 0.717) is 49.6 Å². The molecule has 2 unspecified atom stereocenters. The van der Waals surface area contributed by atoms with Gasteiger partial charge in [-0.25, -0.2) is 9.50 Å². The second-order valence-corrected chi connectivity index (χ2v) is 9.65. The molecule has 0 N–H and O–H groups in total. The summed E-state index contributed by atoms with van der Waals surface area (Å²) in [6.07, 6.45) is 4.43. The first-order chi connectivity index (χ1) is 19.5. The molecule has 0 aliphatic carbocycles. The number of hydrogen-bond acceptors (Lipinski definition) is 8. The van der Waals surface area contributed by atoms with Gasteiger partial charge in [-0.3, -0.25) is 4.79 Å². The number of benzene rings is 1. The molecule has 2 atom stereocenters. The zero-order valence-electron chi connectivity index (χ0n) is 22.9. The minimum absolute atomic E-state index is 0.0308. The molecule has 0 radical (unpaired) electrons. The van der Waals surface area contributed by atoms with Crippen LogP contribution in [0, 0.1) is 11.3 Å². The number of carbonyl (C=O) groups excluding carboxylic acids is 1. The molecule has 10 nitrogen and oxygen atoms in total. The molecule has 10 heteroatoms. The van der Waals surface area contributed by atoms with Gasteiger partial charge in [-0.2, -0.15) is 10.4 Å². The van der Waals surface area contributed by atoms with E-state index in [1.807, 2.05) is 60.4 Å². The van der Waals surface area contributed by atoms with Gasteiger partial charge in [0.25, 0.3) is 5.91 Å². The standard InChI is InChI=1S/C30H32N6O4/c1-21(38-2)20-40-25-15-26(28-24(16-31)18-33-36(28)19-25)23-9-10-27(32-17-23)34-11-13-35(14-12-34)30(37)29(39-3)22-7-5-4-6-8-22/h4-10,15,17-19,21,29H,11-14,20H2,1-3H3. The fraction of sp³-hybridized carbons (Fsp3) is 0.333. The Morgan fingerprint density at radius 2 is 1.82 bits per heavy atom. The van der Waals surface area contributed by atoms with Gasteiger partial charge in [0, 0.05) is 57.7 Å². The summed E-state index contributed by atoms with van der Waals surface area (Å²) in [6, 6.07) is 17.6. The number of aromatic nitrogens is 3. The van der Waals surface area contributed by atoms with E-state index in [4.69, 9.17) is 19.2 Å². The van der Waals surface area contributed by atoms with Gasteiger partial charge in [-0.1, -0.05) is 30.3 Å². The maximum atomic E-state index is 13.2. The summed E-state index contributed by atoms with van der Waals surface area (Å²) >= 11 is 0. The average molecular weight is 541 g/mol. The van der Waals surface area contributed by atoms with E-state index in [-0.39, 0.29) is 12.0 Å². The number of rotatable bonds is 9. The maximum absolute atomic E-state index is 13.2. The molecule has 4 heterocycles. The van der Waals surface area contributed by atoms with Gasteiger partial charge in [0.2, 0.25) is 0 Å². The van der Waals surface area contributed by atoms with Crippen molar-refractivity contribution >= 4 is 17.2 Å². The first kappa shape index (κ1) is 27.1. The number of carbonyl (C=O) groups is 1. The Bertz CT molecular complexity index is 1490. The molecular weight excluding hydrogens is 508 g/mol. The van der Waals surface area contributed by atoms with Crippen molar-refractivity contribution < 1.29 is 19.0 Å². The minimum atomic E-state index is -0.610. The quantitative estimate of drug-likeness (QED) is 0.316. The molecule has 40 heavy (non-hydrogen) atoms. The highest BCUT2D eigenvalue weighted by molar-refractivity contribution is 5.85. The zero-order valence-corrected chi connectivity index (χ0v) is 22.9. The number of anilines is 1. The Labute approximate surface area is 233 Å². The summed E-state index contributed by atoms with van der Waals surface area (Å²) in [4.78, 5) is 21.9. The monoisotopic (exact) mass is 540 g/mol. The topological polar surface area (TPSA) is 105 Å². The molecule has 0 spiro atoms.